The van der Waals surface area contributed by atoms with E-state index in [1.807, 2.05) is 30.3 Å². The molecule has 3 aromatic rings. The van der Waals surface area contributed by atoms with Gasteiger partial charge in [-0.3, -0.25) is 4.79 Å². The van der Waals surface area contributed by atoms with Gasteiger partial charge in [0.1, 0.15) is 0 Å². The minimum absolute atomic E-state index is 0. The van der Waals surface area contributed by atoms with Crippen LogP contribution in [0.1, 0.15) is 19.8 Å². The Morgan fingerprint density at radius 2 is 1.68 bits per heavy atom. The molecule has 0 spiro atoms. The lowest BCUT2D eigenvalue weighted by Gasteiger charge is -2.16. The summed E-state index contributed by atoms with van der Waals surface area (Å²) < 4.78 is 34.0. The number of fused-ring (bicyclic) bond motifs is 1. The van der Waals surface area contributed by atoms with Crippen molar-refractivity contribution in [1.82, 2.24) is 0 Å². The standard InChI is InChI=1S/C23H20N2O5S.H2/c24-31(27,28)19-3-1-2-16(12-19)15-4-7-18(8-5-15)25-22(26)23(10-11-23)17-6-9-20-21(13-17)30-14-29-20;/h1-9,12-13H,10-11,14H2,(H,25,26)(H2,24,27,28);1H. The molecule has 0 unspecified atom stereocenters. The van der Waals surface area contributed by atoms with Crippen molar-refractivity contribution >= 4 is 21.6 Å². The number of carbonyl (C=O) groups excluding carboxylic acids is 1. The third-order valence-electron chi connectivity index (χ3n) is 5.75. The molecule has 0 saturated heterocycles. The van der Waals surface area contributed by atoms with Crippen molar-refractivity contribution in [2.24, 2.45) is 5.14 Å². The summed E-state index contributed by atoms with van der Waals surface area (Å²) in [6.07, 6.45) is 1.55. The molecule has 0 radical (unpaired) electrons. The van der Waals surface area contributed by atoms with Gasteiger partial charge in [-0.25, -0.2) is 13.6 Å². The van der Waals surface area contributed by atoms with E-state index >= 15 is 0 Å². The van der Waals surface area contributed by atoms with Crippen LogP contribution < -0.4 is 19.9 Å². The Morgan fingerprint density at radius 3 is 2.39 bits per heavy atom. The quantitative estimate of drug-likeness (QED) is 0.632. The Kier molecular flexibility index (Phi) is 4.49. The summed E-state index contributed by atoms with van der Waals surface area (Å²) in [7, 11) is -3.77. The number of sulfonamides is 1. The van der Waals surface area contributed by atoms with E-state index < -0.39 is 15.4 Å². The summed E-state index contributed by atoms with van der Waals surface area (Å²) in [4.78, 5) is 13.1. The van der Waals surface area contributed by atoms with E-state index in [1.165, 1.54) is 12.1 Å². The van der Waals surface area contributed by atoms with Gasteiger partial charge in [-0.15, -0.1) is 0 Å². The van der Waals surface area contributed by atoms with Crippen LogP contribution >= 0.6 is 0 Å². The van der Waals surface area contributed by atoms with Gasteiger partial charge in [0.25, 0.3) is 0 Å². The molecule has 1 aliphatic carbocycles. The second kappa shape index (κ2) is 7.11. The molecule has 1 heterocycles. The molecule has 8 heteroatoms. The maximum Gasteiger partial charge on any atom is 0.238 e. The molecule has 7 nitrogen and oxygen atoms in total. The van der Waals surface area contributed by atoms with Crippen LogP contribution in [0.5, 0.6) is 11.5 Å². The van der Waals surface area contributed by atoms with Gasteiger partial charge < -0.3 is 14.8 Å². The normalized spacial score (nSPS) is 16.0. The number of hydrogen-bond donors (Lipinski definition) is 2. The van der Waals surface area contributed by atoms with Crippen LogP contribution in [0.25, 0.3) is 11.1 Å². The average molecular weight is 439 g/mol. The number of carbonyl (C=O) groups is 1. The zero-order valence-electron chi connectivity index (χ0n) is 16.5. The minimum atomic E-state index is -3.77. The highest BCUT2D eigenvalue weighted by atomic mass is 32.2. The van der Waals surface area contributed by atoms with Crippen molar-refractivity contribution in [1.29, 1.82) is 0 Å². The van der Waals surface area contributed by atoms with Gasteiger partial charge in [-0.1, -0.05) is 30.3 Å². The van der Waals surface area contributed by atoms with Crippen molar-refractivity contribution in [2.75, 3.05) is 12.1 Å². The minimum Gasteiger partial charge on any atom is -0.454 e. The van der Waals surface area contributed by atoms with Crippen LogP contribution in [0, 0.1) is 0 Å². The van der Waals surface area contributed by atoms with Crippen molar-refractivity contribution in [3.05, 3.63) is 72.3 Å². The monoisotopic (exact) mass is 438 g/mol. The Morgan fingerprint density at radius 1 is 0.935 bits per heavy atom. The van der Waals surface area contributed by atoms with E-state index in [0.29, 0.717) is 17.2 Å². The summed E-state index contributed by atoms with van der Waals surface area (Å²) in [5.74, 6) is 1.31. The van der Waals surface area contributed by atoms with Gasteiger partial charge in [0.2, 0.25) is 22.7 Å². The van der Waals surface area contributed by atoms with Crippen molar-refractivity contribution in [3.8, 4) is 22.6 Å². The molecule has 2 aliphatic rings. The lowest BCUT2D eigenvalue weighted by Crippen LogP contribution is -2.27. The maximum absolute atomic E-state index is 13.0. The van der Waals surface area contributed by atoms with E-state index in [9.17, 15) is 13.2 Å². The Bertz CT molecular complexity index is 1290. The highest BCUT2D eigenvalue weighted by molar-refractivity contribution is 7.89. The Balaban J connectivity index is 0.00000245. The first-order valence-electron chi connectivity index (χ1n) is 9.80. The van der Waals surface area contributed by atoms with Crippen LogP contribution in [-0.2, 0) is 20.2 Å². The second-order valence-electron chi connectivity index (χ2n) is 7.75. The van der Waals surface area contributed by atoms with Crippen LogP contribution in [0.4, 0.5) is 5.69 Å². The van der Waals surface area contributed by atoms with Crippen molar-refractivity contribution in [2.45, 2.75) is 23.2 Å². The fraction of sp³-hybridized carbons (Fsp3) is 0.174. The van der Waals surface area contributed by atoms with Gasteiger partial charge in [0.15, 0.2) is 11.5 Å². The molecule has 5 rings (SSSR count). The van der Waals surface area contributed by atoms with Crippen LogP contribution in [0.3, 0.4) is 0 Å². The molecular formula is C23H22N2O5S. The van der Waals surface area contributed by atoms with Crippen LogP contribution in [-0.4, -0.2) is 21.1 Å². The molecule has 1 amide bonds. The van der Waals surface area contributed by atoms with Crippen molar-refractivity contribution < 1.29 is 24.1 Å². The number of benzene rings is 3. The number of primary sulfonamides is 1. The SMILES string of the molecule is NS(=O)(=O)c1cccc(-c2ccc(NC(=O)C3(c4ccc5c(c4)OCO5)CC3)cc2)c1.[HH]. The first-order valence-corrected chi connectivity index (χ1v) is 11.3. The average Bonchev–Trinajstić information content (AvgIpc) is 3.45. The predicted octanol–water partition coefficient (Wildman–Crippen LogP) is 3.65. The molecule has 0 bridgehead atoms. The van der Waals surface area contributed by atoms with E-state index in [4.69, 9.17) is 14.6 Å². The maximum atomic E-state index is 13.0. The van der Waals surface area contributed by atoms with Gasteiger partial charge in [0.05, 0.1) is 10.3 Å². The summed E-state index contributed by atoms with van der Waals surface area (Å²) in [6.45, 7) is 0.199. The van der Waals surface area contributed by atoms with E-state index in [-0.39, 0.29) is 19.0 Å². The fourth-order valence-electron chi connectivity index (χ4n) is 3.82. The molecule has 0 aromatic heterocycles. The first-order chi connectivity index (χ1) is 14.8. The fourth-order valence-corrected chi connectivity index (χ4v) is 4.37. The largest absolute Gasteiger partial charge is 0.454 e. The first kappa shape index (κ1) is 19.6. The number of ether oxygens (including phenoxy) is 2. The molecule has 1 saturated carbocycles. The molecule has 1 fully saturated rings. The highest BCUT2D eigenvalue weighted by Crippen LogP contribution is 2.51. The number of rotatable bonds is 5. The third-order valence-corrected chi connectivity index (χ3v) is 6.66. The topological polar surface area (TPSA) is 108 Å². The van der Waals surface area contributed by atoms with Gasteiger partial charge in [-0.2, -0.15) is 0 Å². The molecule has 3 N–H and O–H groups in total. The summed E-state index contributed by atoms with van der Waals surface area (Å²) in [5.41, 5.74) is 2.58. The smallest absolute Gasteiger partial charge is 0.238 e. The van der Waals surface area contributed by atoms with Gasteiger partial charge in [0, 0.05) is 7.11 Å². The van der Waals surface area contributed by atoms with E-state index in [1.54, 1.807) is 24.3 Å². The number of amides is 1. The second-order valence-corrected chi connectivity index (χ2v) is 9.32. The molecular weight excluding hydrogens is 416 g/mol. The summed E-state index contributed by atoms with van der Waals surface area (Å²) in [5, 5.41) is 8.22. The van der Waals surface area contributed by atoms with Gasteiger partial charge >= 0.3 is 0 Å². The van der Waals surface area contributed by atoms with E-state index in [0.717, 1.165) is 29.5 Å². The number of anilines is 1. The number of hydrogen-bond acceptors (Lipinski definition) is 5. The molecule has 0 atom stereocenters. The summed E-state index contributed by atoms with van der Waals surface area (Å²) >= 11 is 0. The third kappa shape index (κ3) is 3.64. The zero-order valence-corrected chi connectivity index (χ0v) is 17.3. The Hall–Kier alpha value is -3.36. The predicted molar refractivity (Wildman–Crippen MR) is 117 cm³/mol. The number of nitrogens with two attached hydrogens (primary N) is 1. The molecule has 31 heavy (non-hydrogen) atoms. The lowest BCUT2D eigenvalue weighted by atomic mass is 9.94. The molecule has 3 aromatic carbocycles. The summed E-state index contributed by atoms with van der Waals surface area (Å²) in [6, 6.07) is 19.3. The van der Waals surface area contributed by atoms with Crippen LogP contribution in [0.15, 0.2) is 71.6 Å². The van der Waals surface area contributed by atoms with E-state index in [2.05, 4.69) is 5.32 Å². The molecule has 160 valence electrons. The Labute approximate surface area is 181 Å². The number of nitrogens with one attached hydrogen (secondary N) is 1. The van der Waals surface area contributed by atoms with Crippen LogP contribution in [0.2, 0.25) is 0 Å². The van der Waals surface area contributed by atoms with Gasteiger partial charge in [-0.05, 0) is 65.9 Å². The lowest BCUT2D eigenvalue weighted by molar-refractivity contribution is -0.118. The zero-order chi connectivity index (χ0) is 21.6. The highest BCUT2D eigenvalue weighted by Gasteiger charge is 2.51. The molecule has 1 aliphatic heterocycles. The van der Waals surface area contributed by atoms with Crippen molar-refractivity contribution in [3.63, 3.8) is 0 Å².